The molecule has 0 atom stereocenters. The maximum absolute atomic E-state index is 13.3. The molecule has 0 aromatic heterocycles. The molecule has 2 rings (SSSR count). The molecular formula is C14H11FN2O3S. The van der Waals surface area contributed by atoms with Crippen LogP contribution in [0.25, 0.3) is 0 Å². The first kappa shape index (κ1) is 14.8. The van der Waals surface area contributed by atoms with Crippen LogP contribution < -0.4 is 9.46 Å². The zero-order chi connectivity index (χ0) is 15.5. The van der Waals surface area contributed by atoms with Crippen molar-refractivity contribution in [1.82, 2.24) is 0 Å². The van der Waals surface area contributed by atoms with Crippen LogP contribution in [0, 0.1) is 17.1 Å². The Balaban J connectivity index is 2.49. The van der Waals surface area contributed by atoms with Crippen LogP contribution in [0.2, 0.25) is 0 Å². The van der Waals surface area contributed by atoms with Crippen LogP contribution in [0.5, 0.6) is 5.75 Å². The summed E-state index contributed by atoms with van der Waals surface area (Å²) in [5, 5.41) is 8.96. The fourth-order valence-corrected chi connectivity index (χ4v) is 2.99. The third-order valence-corrected chi connectivity index (χ3v) is 4.09. The molecule has 0 saturated heterocycles. The molecule has 108 valence electrons. The summed E-state index contributed by atoms with van der Waals surface area (Å²) in [7, 11) is -2.79. The summed E-state index contributed by atoms with van der Waals surface area (Å²) in [4.78, 5) is -0.335. The first-order valence-corrected chi connectivity index (χ1v) is 7.32. The van der Waals surface area contributed by atoms with Gasteiger partial charge in [0.2, 0.25) is 0 Å². The van der Waals surface area contributed by atoms with Crippen LogP contribution in [0.15, 0.2) is 47.4 Å². The lowest BCUT2D eigenvalue weighted by Gasteiger charge is -2.12. The number of nitriles is 1. The quantitative estimate of drug-likeness (QED) is 0.941. The molecule has 21 heavy (non-hydrogen) atoms. The maximum atomic E-state index is 13.3. The Kier molecular flexibility index (Phi) is 4.10. The number of nitrogens with one attached hydrogen (secondary N) is 1. The summed E-state index contributed by atoms with van der Waals surface area (Å²) in [5.41, 5.74) is 0.280. The highest BCUT2D eigenvalue weighted by Crippen LogP contribution is 2.27. The molecule has 0 aliphatic carbocycles. The minimum Gasteiger partial charge on any atom is -0.495 e. The first-order chi connectivity index (χ1) is 9.97. The van der Waals surface area contributed by atoms with Crippen molar-refractivity contribution in [3.8, 4) is 11.8 Å². The number of ether oxygens (including phenoxy) is 1. The minimum absolute atomic E-state index is 0.0124. The second kappa shape index (κ2) is 5.81. The molecule has 0 spiro atoms. The van der Waals surface area contributed by atoms with E-state index in [1.54, 1.807) is 12.1 Å². The van der Waals surface area contributed by atoms with E-state index in [-0.39, 0.29) is 21.9 Å². The Morgan fingerprint density at radius 1 is 1.24 bits per heavy atom. The smallest absolute Gasteiger partial charge is 0.265 e. The molecule has 0 saturated carbocycles. The molecular weight excluding hydrogens is 295 g/mol. The van der Waals surface area contributed by atoms with E-state index in [1.807, 2.05) is 6.07 Å². The number of rotatable bonds is 4. The van der Waals surface area contributed by atoms with E-state index < -0.39 is 15.8 Å². The summed E-state index contributed by atoms with van der Waals surface area (Å²) in [5.74, 6) is -0.692. The van der Waals surface area contributed by atoms with Gasteiger partial charge in [0, 0.05) is 0 Å². The van der Waals surface area contributed by atoms with Crippen molar-refractivity contribution in [2.75, 3.05) is 11.8 Å². The number of benzene rings is 2. The van der Waals surface area contributed by atoms with Crippen molar-refractivity contribution in [1.29, 1.82) is 5.26 Å². The standard InChI is InChI=1S/C14H11FN2O3S/c1-20-13-7-6-11(15)8-14(13)21(18,19)17-12-5-3-2-4-10(12)9-16/h2-8,17H,1H3. The van der Waals surface area contributed by atoms with Gasteiger partial charge in [-0.25, -0.2) is 12.8 Å². The second-order valence-electron chi connectivity index (χ2n) is 4.06. The fraction of sp³-hybridized carbons (Fsp3) is 0.0714. The number of sulfonamides is 1. The van der Waals surface area contributed by atoms with Gasteiger partial charge in [-0.15, -0.1) is 0 Å². The number of hydrogen-bond donors (Lipinski definition) is 1. The van der Waals surface area contributed by atoms with Crippen LogP contribution in [0.1, 0.15) is 5.56 Å². The van der Waals surface area contributed by atoms with Crippen LogP contribution in [0.3, 0.4) is 0 Å². The molecule has 1 N–H and O–H groups in total. The number of anilines is 1. The maximum Gasteiger partial charge on any atom is 0.265 e. The third-order valence-electron chi connectivity index (χ3n) is 2.71. The van der Waals surface area contributed by atoms with E-state index in [4.69, 9.17) is 10.00 Å². The first-order valence-electron chi connectivity index (χ1n) is 5.83. The van der Waals surface area contributed by atoms with Gasteiger partial charge in [0.05, 0.1) is 18.4 Å². The average molecular weight is 306 g/mol. The van der Waals surface area contributed by atoms with Gasteiger partial charge in [0.25, 0.3) is 10.0 Å². The summed E-state index contributed by atoms with van der Waals surface area (Å²) >= 11 is 0. The summed E-state index contributed by atoms with van der Waals surface area (Å²) in [6.07, 6.45) is 0. The number of para-hydroxylation sites is 1. The van der Waals surface area contributed by atoms with E-state index in [0.717, 1.165) is 12.1 Å². The highest BCUT2D eigenvalue weighted by Gasteiger charge is 2.21. The third kappa shape index (κ3) is 3.12. The molecule has 0 amide bonds. The molecule has 0 aliphatic heterocycles. The topological polar surface area (TPSA) is 79.2 Å². The van der Waals surface area contributed by atoms with Gasteiger partial charge in [0.15, 0.2) is 0 Å². The largest absolute Gasteiger partial charge is 0.495 e. The normalized spacial score (nSPS) is 10.7. The molecule has 2 aromatic rings. The monoisotopic (exact) mass is 306 g/mol. The summed E-state index contributed by atoms with van der Waals surface area (Å²) < 4.78 is 45.2. The van der Waals surface area contributed by atoms with Gasteiger partial charge < -0.3 is 4.74 Å². The lowest BCUT2D eigenvalue weighted by atomic mass is 10.2. The van der Waals surface area contributed by atoms with E-state index >= 15 is 0 Å². The highest BCUT2D eigenvalue weighted by molar-refractivity contribution is 7.92. The fourth-order valence-electron chi connectivity index (χ4n) is 1.73. The van der Waals surface area contributed by atoms with Crippen molar-refractivity contribution in [3.05, 3.63) is 53.8 Å². The van der Waals surface area contributed by atoms with Gasteiger partial charge in [-0.3, -0.25) is 4.72 Å². The van der Waals surface area contributed by atoms with Gasteiger partial charge in [-0.05, 0) is 30.3 Å². The van der Waals surface area contributed by atoms with Crippen molar-refractivity contribution in [3.63, 3.8) is 0 Å². The van der Waals surface area contributed by atoms with Crippen LogP contribution in [-0.4, -0.2) is 15.5 Å². The highest BCUT2D eigenvalue weighted by atomic mass is 32.2. The molecule has 0 unspecified atom stereocenters. The summed E-state index contributed by atoms with van der Waals surface area (Å²) in [6.45, 7) is 0. The molecule has 0 fully saturated rings. The number of methoxy groups -OCH3 is 1. The molecule has 0 bridgehead atoms. The van der Waals surface area contributed by atoms with Crippen LogP contribution in [0.4, 0.5) is 10.1 Å². The molecule has 0 heterocycles. The summed E-state index contributed by atoms with van der Waals surface area (Å²) in [6, 6.07) is 11.2. The van der Waals surface area contributed by atoms with E-state index in [0.29, 0.717) is 0 Å². The molecule has 7 heteroatoms. The number of nitrogens with zero attached hydrogens (tertiary/aromatic N) is 1. The van der Waals surface area contributed by atoms with Crippen molar-refractivity contribution in [2.24, 2.45) is 0 Å². The lowest BCUT2D eigenvalue weighted by Crippen LogP contribution is -2.15. The minimum atomic E-state index is -4.08. The average Bonchev–Trinajstić information content (AvgIpc) is 2.47. The zero-order valence-corrected chi connectivity index (χ0v) is 11.8. The lowest BCUT2D eigenvalue weighted by molar-refractivity contribution is 0.401. The molecule has 5 nitrogen and oxygen atoms in total. The molecule has 0 radical (unpaired) electrons. The van der Waals surface area contributed by atoms with Gasteiger partial charge in [-0.2, -0.15) is 5.26 Å². The van der Waals surface area contributed by atoms with E-state index in [2.05, 4.69) is 4.72 Å². The van der Waals surface area contributed by atoms with Gasteiger partial charge in [-0.1, -0.05) is 12.1 Å². The Bertz CT molecular complexity index is 813. The van der Waals surface area contributed by atoms with E-state index in [9.17, 15) is 12.8 Å². The van der Waals surface area contributed by atoms with Crippen molar-refractivity contribution < 1.29 is 17.5 Å². The molecule has 2 aromatic carbocycles. The second-order valence-corrected chi connectivity index (χ2v) is 5.71. The van der Waals surface area contributed by atoms with E-state index in [1.165, 1.54) is 25.3 Å². The van der Waals surface area contributed by atoms with Crippen LogP contribution >= 0.6 is 0 Å². The Labute approximate surface area is 121 Å². The van der Waals surface area contributed by atoms with Crippen molar-refractivity contribution in [2.45, 2.75) is 4.90 Å². The Morgan fingerprint density at radius 3 is 2.62 bits per heavy atom. The zero-order valence-electron chi connectivity index (χ0n) is 11.0. The van der Waals surface area contributed by atoms with Gasteiger partial charge in [0.1, 0.15) is 22.5 Å². The molecule has 0 aliphatic rings. The predicted molar refractivity (Wildman–Crippen MR) is 74.9 cm³/mol. The van der Waals surface area contributed by atoms with Gasteiger partial charge >= 0.3 is 0 Å². The Hall–Kier alpha value is -2.59. The van der Waals surface area contributed by atoms with Crippen molar-refractivity contribution >= 4 is 15.7 Å². The number of hydrogen-bond acceptors (Lipinski definition) is 4. The number of halogens is 1. The van der Waals surface area contributed by atoms with Crippen LogP contribution in [-0.2, 0) is 10.0 Å². The predicted octanol–water partition coefficient (Wildman–Crippen LogP) is 2.51. The Morgan fingerprint density at radius 2 is 1.95 bits per heavy atom. The SMILES string of the molecule is COc1ccc(F)cc1S(=O)(=O)Nc1ccccc1C#N.